The van der Waals surface area contributed by atoms with Crippen LogP contribution in [0.15, 0.2) is 0 Å². The quantitative estimate of drug-likeness (QED) is 0.0222. The van der Waals surface area contributed by atoms with Crippen molar-refractivity contribution in [2.75, 3.05) is 39.6 Å². The van der Waals surface area contributed by atoms with Crippen LogP contribution >= 0.6 is 15.6 Å². The molecule has 630 valence electrons. The Morgan fingerprint density at radius 3 is 0.557 bits per heavy atom. The summed E-state index contributed by atoms with van der Waals surface area (Å²) in [5.41, 5.74) is 0. The van der Waals surface area contributed by atoms with Crippen molar-refractivity contribution in [3.8, 4) is 0 Å². The number of hydrogen-bond acceptors (Lipinski definition) is 15. The Labute approximate surface area is 651 Å². The van der Waals surface area contributed by atoms with E-state index in [0.29, 0.717) is 25.7 Å². The number of rotatable bonds is 88. The molecular weight excluding hydrogens is 1380 g/mol. The molecule has 0 aromatic heterocycles. The highest BCUT2D eigenvalue weighted by molar-refractivity contribution is 7.47. The van der Waals surface area contributed by atoms with Crippen LogP contribution in [0.2, 0.25) is 0 Å². The van der Waals surface area contributed by atoms with E-state index in [1.807, 2.05) is 0 Å². The van der Waals surface area contributed by atoms with E-state index in [2.05, 4.69) is 27.7 Å². The van der Waals surface area contributed by atoms with Crippen molar-refractivity contribution in [1.82, 2.24) is 0 Å². The van der Waals surface area contributed by atoms with Crippen LogP contribution in [-0.4, -0.2) is 96.7 Å². The number of ether oxygens (including phenoxy) is 4. The lowest BCUT2D eigenvalue weighted by Crippen LogP contribution is -2.30. The van der Waals surface area contributed by atoms with Gasteiger partial charge in [0.2, 0.25) is 0 Å². The Kier molecular flexibility index (Phi) is 79.6. The molecule has 2 unspecified atom stereocenters. The summed E-state index contributed by atoms with van der Waals surface area (Å²) in [7, 11) is -9.92. The first kappa shape index (κ1) is 104. The van der Waals surface area contributed by atoms with Crippen molar-refractivity contribution in [3.63, 3.8) is 0 Å². The van der Waals surface area contributed by atoms with Gasteiger partial charge in [-0.25, -0.2) is 9.13 Å². The predicted octanol–water partition coefficient (Wildman–Crippen LogP) is 26.9. The fourth-order valence-corrected chi connectivity index (χ4v) is 15.3. The average Bonchev–Trinajstić information content (AvgIpc) is 0.901. The summed E-state index contributed by atoms with van der Waals surface area (Å²) < 4.78 is 68.8. The minimum atomic E-state index is -4.96. The van der Waals surface area contributed by atoms with Crippen LogP contribution in [0.4, 0.5) is 0 Å². The third kappa shape index (κ3) is 80.1. The minimum absolute atomic E-state index is 0.109. The van der Waals surface area contributed by atoms with E-state index in [9.17, 15) is 43.2 Å². The van der Waals surface area contributed by atoms with E-state index in [-0.39, 0.29) is 25.7 Å². The van der Waals surface area contributed by atoms with Crippen molar-refractivity contribution in [2.45, 2.75) is 495 Å². The lowest BCUT2D eigenvalue weighted by molar-refractivity contribution is -0.161. The molecule has 0 saturated carbocycles. The number of esters is 4. The number of aliphatic hydroxyl groups excluding tert-OH is 1. The number of aliphatic hydroxyl groups is 1. The fourth-order valence-electron chi connectivity index (χ4n) is 13.7. The van der Waals surface area contributed by atoms with Gasteiger partial charge in [-0.15, -0.1) is 0 Å². The third-order valence-corrected chi connectivity index (χ3v) is 22.5. The number of unbranched alkanes of at least 4 members (excludes halogenated alkanes) is 62. The van der Waals surface area contributed by atoms with Crippen LogP contribution in [0.1, 0.15) is 477 Å². The van der Waals surface area contributed by atoms with Crippen LogP contribution in [0.5, 0.6) is 0 Å². The molecule has 0 aliphatic rings. The Hall–Kier alpha value is -1.94. The first-order valence-corrected chi connectivity index (χ1v) is 48.3. The first-order valence-electron chi connectivity index (χ1n) is 45.3. The Morgan fingerprint density at radius 1 is 0.226 bits per heavy atom. The van der Waals surface area contributed by atoms with E-state index in [1.54, 1.807) is 0 Å². The van der Waals surface area contributed by atoms with Gasteiger partial charge < -0.3 is 33.8 Å². The van der Waals surface area contributed by atoms with Gasteiger partial charge in [0.25, 0.3) is 0 Å². The van der Waals surface area contributed by atoms with Crippen LogP contribution in [-0.2, 0) is 65.4 Å². The lowest BCUT2D eigenvalue weighted by atomic mass is 10.0. The summed E-state index contributed by atoms with van der Waals surface area (Å²) >= 11 is 0. The van der Waals surface area contributed by atoms with E-state index >= 15 is 0 Å². The van der Waals surface area contributed by atoms with Crippen LogP contribution < -0.4 is 0 Å². The van der Waals surface area contributed by atoms with Gasteiger partial charge in [0.15, 0.2) is 12.2 Å². The molecule has 0 fully saturated rings. The number of phosphoric acid groups is 2. The zero-order valence-corrected chi connectivity index (χ0v) is 71.2. The second-order valence-corrected chi connectivity index (χ2v) is 34.2. The Morgan fingerprint density at radius 2 is 0.377 bits per heavy atom. The molecular formula is C87H170O17P2. The maximum absolute atomic E-state index is 13.1. The molecule has 5 atom stereocenters. The van der Waals surface area contributed by atoms with Gasteiger partial charge in [-0.3, -0.25) is 37.3 Å². The van der Waals surface area contributed by atoms with Gasteiger partial charge >= 0.3 is 39.5 Å². The van der Waals surface area contributed by atoms with Gasteiger partial charge in [-0.05, 0) is 25.7 Å². The van der Waals surface area contributed by atoms with Crippen LogP contribution in [0.3, 0.4) is 0 Å². The molecule has 0 bridgehead atoms. The predicted molar refractivity (Wildman–Crippen MR) is 437 cm³/mol. The number of hydrogen-bond donors (Lipinski definition) is 3. The number of carbonyl (C=O) groups excluding carboxylic acids is 4. The first-order chi connectivity index (χ1) is 51.7. The number of phosphoric ester groups is 2. The lowest BCUT2D eigenvalue weighted by Gasteiger charge is -2.21. The fraction of sp³-hybridized carbons (Fsp3) is 0.954. The summed E-state index contributed by atoms with van der Waals surface area (Å²) in [5, 5.41) is 10.7. The van der Waals surface area contributed by atoms with Crippen LogP contribution in [0, 0.1) is 0 Å². The molecule has 0 saturated heterocycles. The molecule has 0 aromatic rings. The van der Waals surface area contributed by atoms with Gasteiger partial charge in [0.05, 0.1) is 26.4 Å². The highest BCUT2D eigenvalue weighted by Gasteiger charge is 2.30. The molecule has 19 heteroatoms. The van der Waals surface area contributed by atoms with Gasteiger partial charge in [0.1, 0.15) is 19.3 Å². The van der Waals surface area contributed by atoms with E-state index < -0.39 is 97.5 Å². The second kappa shape index (κ2) is 81.1. The molecule has 0 aliphatic carbocycles. The van der Waals surface area contributed by atoms with Crippen molar-refractivity contribution in [2.24, 2.45) is 0 Å². The summed E-state index contributed by atoms with van der Waals surface area (Å²) in [6, 6.07) is 0. The van der Waals surface area contributed by atoms with Gasteiger partial charge in [0, 0.05) is 25.7 Å². The maximum Gasteiger partial charge on any atom is 0.472 e. The van der Waals surface area contributed by atoms with Crippen LogP contribution in [0.25, 0.3) is 0 Å². The second-order valence-electron chi connectivity index (χ2n) is 31.3. The zero-order chi connectivity index (χ0) is 77.4. The van der Waals surface area contributed by atoms with Crippen molar-refractivity contribution >= 4 is 39.5 Å². The zero-order valence-electron chi connectivity index (χ0n) is 69.4. The van der Waals surface area contributed by atoms with Gasteiger partial charge in [-0.2, -0.15) is 0 Å². The average molecular weight is 1550 g/mol. The largest absolute Gasteiger partial charge is 0.472 e. The van der Waals surface area contributed by atoms with E-state index in [1.165, 1.54) is 308 Å². The molecule has 17 nitrogen and oxygen atoms in total. The summed E-state index contributed by atoms with van der Waals surface area (Å²) in [5.74, 6) is -2.10. The highest BCUT2D eigenvalue weighted by Crippen LogP contribution is 2.45. The summed E-state index contributed by atoms with van der Waals surface area (Å²) in [6.45, 7) is 5.04. The highest BCUT2D eigenvalue weighted by atomic mass is 31.2. The normalized spacial score (nSPS) is 13.7. The molecule has 3 N–H and O–H groups in total. The summed E-state index contributed by atoms with van der Waals surface area (Å²) in [4.78, 5) is 73.1. The molecule has 0 amide bonds. The summed E-state index contributed by atoms with van der Waals surface area (Å²) in [6.07, 6.45) is 76.6. The Balaban J connectivity index is 5.17. The third-order valence-electron chi connectivity index (χ3n) is 20.6. The van der Waals surface area contributed by atoms with E-state index in [0.717, 1.165) is 89.9 Å². The molecule has 0 aliphatic heterocycles. The minimum Gasteiger partial charge on any atom is -0.462 e. The molecule has 106 heavy (non-hydrogen) atoms. The maximum atomic E-state index is 13.1. The standard InChI is InChI=1S/C87H170O17P2/c1-5-9-13-17-21-25-28-31-34-37-39-41-43-46-49-52-55-58-62-66-70-74-87(92)104-83(78-98-85(90)72-68-64-60-56-53-50-47-45-42-40-38-35-32-29-26-22-18-14-10-6-2)80-102-106(95,96)100-76-81(88)75-99-105(93,94)101-79-82(77-97-84(89)71-67-63-59-24-20-16-12-8-4)103-86(91)73-69-65-61-57-54-51-48-44-36-33-30-27-23-19-15-11-7-3/h81-83,88H,5-80H2,1-4H3,(H,93,94)(H,95,96)/t81-,82+,83+/m0/s1. The topological polar surface area (TPSA) is 237 Å². The molecule has 0 radical (unpaired) electrons. The molecule has 0 heterocycles. The van der Waals surface area contributed by atoms with Gasteiger partial charge in [-0.1, -0.05) is 426 Å². The van der Waals surface area contributed by atoms with Crippen molar-refractivity contribution in [3.05, 3.63) is 0 Å². The van der Waals surface area contributed by atoms with Crippen molar-refractivity contribution < 1.29 is 80.2 Å². The molecule has 0 spiro atoms. The SMILES string of the molecule is CCCCCCCCCCCCCCCCCCCCCCCC(=O)O[C@H](COC(=O)CCCCCCCCCCCCCCCCCCCCCC)COP(=O)(O)OC[C@@H](O)COP(=O)(O)OC[C@@H](COC(=O)CCCCCCCCCC)OC(=O)CCCCCCCCCCCCCCCCCCC. The molecule has 0 aromatic carbocycles. The molecule has 0 rings (SSSR count). The van der Waals surface area contributed by atoms with E-state index in [4.69, 9.17) is 37.0 Å². The van der Waals surface area contributed by atoms with Crippen molar-refractivity contribution in [1.29, 1.82) is 0 Å². The monoisotopic (exact) mass is 1550 g/mol. The number of carbonyl (C=O) groups is 4. The smallest absolute Gasteiger partial charge is 0.462 e. The Bertz CT molecular complexity index is 2000.